The van der Waals surface area contributed by atoms with Gasteiger partial charge in [0, 0.05) is 11.9 Å². The molecule has 7 nitrogen and oxygen atoms in total. The number of rotatable bonds is 8. The number of anilines is 1. The Bertz CT molecular complexity index is 947. The number of hydrogen-bond acceptors (Lipinski definition) is 7. The fraction of sp³-hybridized carbons (Fsp3) is 0.368. The molecule has 0 fully saturated rings. The van der Waals surface area contributed by atoms with Crippen LogP contribution >= 0.6 is 23.1 Å². The normalized spacial score (nSPS) is 10.9. The van der Waals surface area contributed by atoms with Crippen molar-refractivity contribution in [2.75, 3.05) is 11.1 Å². The highest BCUT2D eigenvalue weighted by Crippen LogP contribution is 2.24. The molecular formula is C19H23N5O2S2. The van der Waals surface area contributed by atoms with E-state index in [1.807, 2.05) is 55.8 Å². The largest absolute Gasteiger partial charge is 0.485 e. The van der Waals surface area contributed by atoms with Crippen LogP contribution < -0.4 is 10.1 Å². The molecule has 0 saturated carbocycles. The van der Waals surface area contributed by atoms with Crippen LogP contribution in [0.15, 0.2) is 28.7 Å². The molecule has 0 aliphatic rings. The minimum atomic E-state index is -0.113. The van der Waals surface area contributed by atoms with E-state index in [0.29, 0.717) is 23.4 Å². The second-order valence-electron chi connectivity index (χ2n) is 6.28. The molecule has 0 atom stereocenters. The number of ether oxygens (including phenoxy) is 1. The first-order valence-corrected chi connectivity index (χ1v) is 10.8. The highest BCUT2D eigenvalue weighted by atomic mass is 32.2. The summed E-state index contributed by atoms with van der Waals surface area (Å²) < 4.78 is 7.97. The maximum Gasteiger partial charge on any atom is 0.236 e. The molecule has 3 aromatic rings. The molecule has 0 bridgehead atoms. The number of hydrogen-bond donors (Lipinski definition) is 1. The number of thioether (sulfide) groups is 1. The van der Waals surface area contributed by atoms with Crippen molar-refractivity contribution < 1.29 is 9.53 Å². The molecule has 1 aromatic carbocycles. The first kappa shape index (κ1) is 20.3. The summed E-state index contributed by atoms with van der Waals surface area (Å²) in [6, 6.07) is 6.06. The Morgan fingerprint density at radius 2 is 2.00 bits per heavy atom. The fourth-order valence-corrected chi connectivity index (χ4v) is 4.24. The van der Waals surface area contributed by atoms with E-state index in [2.05, 4.69) is 20.5 Å². The molecule has 0 spiro atoms. The van der Waals surface area contributed by atoms with Crippen LogP contribution in [0.1, 0.15) is 29.6 Å². The van der Waals surface area contributed by atoms with E-state index < -0.39 is 0 Å². The summed E-state index contributed by atoms with van der Waals surface area (Å²) in [7, 11) is 0. The number of amides is 1. The average Bonchev–Trinajstić information content (AvgIpc) is 3.25. The first-order valence-electron chi connectivity index (χ1n) is 8.93. The van der Waals surface area contributed by atoms with Crippen molar-refractivity contribution in [3.05, 3.63) is 46.2 Å². The smallest absolute Gasteiger partial charge is 0.236 e. The Kier molecular flexibility index (Phi) is 6.69. The quantitative estimate of drug-likeness (QED) is 0.558. The number of carbonyl (C=O) groups excluding carboxylic acids is 1. The standard InChI is InChI=1S/C19H23N5O2S2/c1-5-24-15(9-26-17-12(2)7-6-8-13(17)3)22-23-19(24)28-11-16(25)21-18-20-14(4)10-27-18/h6-8,10H,5,9,11H2,1-4H3,(H,20,21,25). The van der Waals surface area contributed by atoms with Crippen molar-refractivity contribution in [1.29, 1.82) is 0 Å². The maximum atomic E-state index is 12.1. The van der Waals surface area contributed by atoms with Gasteiger partial charge in [0.1, 0.15) is 12.4 Å². The van der Waals surface area contributed by atoms with Crippen molar-refractivity contribution in [3.63, 3.8) is 0 Å². The Balaban J connectivity index is 1.61. The molecule has 2 aromatic heterocycles. The van der Waals surface area contributed by atoms with Gasteiger partial charge in [0.05, 0.1) is 11.4 Å². The van der Waals surface area contributed by atoms with Gasteiger partial charge in [-0.3, -0.25) is 4.79 Å². The third-order valence-corrected chi connectivity index (χ3v) is 5.90. The lowest BCUT2D eigenvalue weighted by molar-refractivity contribution is -0.113. The Morgan fingerprint density at radius 3 is 2.64 bits per heavy atom. The summed E-state index contributed by atoms with van der Waals surface area (Å²) in [6.07, 6.45) is 0. The Hall–Kier alpha value is -2.39. The predicted octanol–water partition coefficient (Wildman–Crippen LogP) is 3.99. The minimum Gasteiger partial charge on any atom is -0.485 e. The third-order valence-electron chi connectivity index (χ3n) is 4.06. The van der Waals surface area contributed by atoms with Crippen molar-refractivity contribution >= 4 is 34.1 Å². The van der Waals surface area contributed by atoms with Gasteiger partial charge in [-0.2, -0.15) is 0 Å². The maximum absolute atomic E-state index is 12.1. The molecule has 0 radical (unpaired) electrons. The zero-order valence-corrected chi connectivity index (χ0v) is 18.0. The molecule has 1 N–H and O–H groups in total. The van der Waals surface area contributed by atoms with Crippen molar-refractivity contribution in [2.45, 2.75) is 46.0 Å². The van der Waals surface area contributed by atoms with E-state index in [4.69, 9.17) is 4.74 Å². The van der Waals surface area contributed by atoms with E-state index in [-0.39, 0.29) is 11.7 Å². The SMILES string of the molecule is CCn1c(COc2c(C)cccc2C)nnc1SCC(=O)Nc1nc(C)cs1. The Labute approximate surface area is 172 Å². The van der Waals surface area contributed by atoms with Gasteiger partial charge in [0.25, 0.3) is 0 Å². The number of aryl methyl sites for hydroxylation is 3. The summed E-state index contributed by atoms with van der Waals surface area (Å²) in [5.74, 6) is 1.75. The molecule has 0 saturated heterocycles. The van der Waals surface area contributed by atoms with Crippen molar-refractivity contribution in [1.82, 2.24) is 19.7 Å². The molecule has 1 amide bonds. The molecule has 2 heterocycles. The fourth-order valence-electron chi connectivity index (χ4n) is 2.71. The highest BCUT2D eigenvalue weighted by molar-refractivity contribution is 7.99. The zero-order valence-electron chi connectivity index (χ0n) is 16.4. The van der Waals surface area contributed by atoms with Crippen LogP contribution in [0.5, 0.6) is 5.75 Å². The van der Waals surface area contributed by atoms with Gasteiger partial charge < -0.3 is 14.6 Å². The van der Waals surface area contributed by atoms with Crippen LogP contribution in [-0.2, 0) is 17.9 Å². The lowest BCUT2D eigenvalue weighted by Gasteiger charge is -2.12. The highest BCUT2D eigenvalue weighted by Gasteiger charge is 2.15. The molecule has 3 rings (SSSR count). The van der Waals surface area contributed by atoms with E-state index in [1.165, 1.54) is 23.1 Å². The van der Waals surface area contributed by atoms with Crippen molar-refractivity contribution in [2.24, 2.45) is 0 Å². The number of para-hydroxylation sites is 1. The molecule has 0 aliphatic heterocycles. The van der Waals surface area contributed by atoms with Crippen LogP contribution in [0.2, 0.25) is 0 Å². The van der Waals surface area contributed by atoms with E-state index >= 15 is 0 Å². The first-order chi connectivity index (χ1) is 13.5. The second-order valence-corrected chi connectivity index (χ2v) is 8.08. The predicted molar refractivity (Wildman–Crippen MR) is 112 cm³/mol. The van der Waals surface area contributed by atoms with Gasteiger partial charge in [-0.15, -0.1) is 21.5 Å². The van der Waals surface area contributed by atoms with Crippen molar-refractivity contribution in [3.8, 4) is 5.75 Å². The van der Waals surface area contributed by atoms with E-state index in [9.17, 15) is 4.79 Å². The average molecular weight is 418 g/mol. The van der Waals surface area contributed by atoms with Gasteiger partial charge >= 0.3 is 0 Å². The number of aromatic nitrogens is 4. The van der Waals surface area contributed by atoms with Gasteiger partial charge in [-0.05, 0) is 38.8 Å². The Morgan fingerprint density at radius 1 is 1.25 bits per heavy atom. The molecule has 0 aliphatic carbocycles. The molecule has 0 unspecified atom stereocenters. The monoisotopic (exact) mass is 417 g/mol. The topological polar surface area (TPSA) is 81.9 Å². The molecular weight excluding hydrogens is 394 g/mol. The molecule has 9 heteroatoms. The lowest BCUT2D eigenvalue weighted by atomic mass is 10.1. The van der Waals surface area contributed by atoms with Crippen LogP contribution in [0.25, 0.3) is 0 Å². The second kappa shape index (κ2) is 9.20. The van der Waals surface area contributed by atoms with Gasteiger partial charge in [0.2, 0.25) is 5.91 Å². The van der Waals surface area contributed by atoms with E-state index in [0.717, 1.165) is 28.4 Å². The van der Waals surface area contributed by atoms with Gasteiger partial charge in [0.15, 0.2) is 16.1 Å². The summed E-state index contributed by atoms with van der Waals surface area (Å²) >= 11 is 2.77. The summed E-state index contributed by atoms with van der Waals surface area (Å²) in [5, 5.41) is 14.5. The van der Waals surface area contributed by atoms with Gasteiger partial charge in [-0.1, -0.05) is 30.0 Å². The van der Waals surface area contributed by atoms with E-state index in [1.54, 1.807) is 0 Å². The number of nitrogens with one attached hydrogen (secondary N) is 1. The van der Waals surface area contributed by atoms with Gasteiger partial charge in [-0.25, -0.2) is 4.98 Å². The van der Waals surface area contributed by atoms with Crippen LogP contribution in [0.3, 0.4) is 0 Å². The summed E-state index contributed by atoms with van der Waals surface area (Å²) in [6.45, 7) is 9.00. The molecule has 148 valence electrons. The molecule has 28 heavy (non-hydrogen) atoms. The zero-order chi connectivity index (χ0) is 20.1. The van der Waals surface area contributed by atoms with Crippen LogP contribution in [-0.4, -0.2) is 31.4 Å². The summed E-state index contributed by atoms with van der Waals surface area (Å²) in [4.78, 5) is 16.4. The number of nitrogens with zero attached hydrogens (tertiary/aromatic N) is 4. The minimum absolute atomic E-state index is 0.113. The number of carbonyl (C=O) groups is 1. The third kappa shape index (κ3) is 4.90. The lowest BCUT2D eigenvalue weighted by Crippen LogP contribution is -2.14. The van der Waals surface area contributed by atoms with Crippen LogP contribution in [0.4, 0.5) is 5.13 Å². The number of benzene rings is 1. The van der Waals surface area contributed by atoms with Crippen LogP contribution in [0, 0.1) is 20.8 Å². The number of thiazole rings is 1. The summed E-state index contributed by atoms with van der Waals surface area (Å²) in [5.41, 5.74) is 3.07.